The molecule has 24 heavy (non-hydrogen) atoms. The van der Waals surface area contributed by atoms with Crippen LogP contribution >= 0.6 is 0 Å². The van der Waals surface area contributed by atoms with Gasteiger partial charge in [0.05, 0.1) is 0 Å². The molecule has 0 spiro atoms. The Hall–Kier alpha value is -2.38. The first kappa shape index (κ1) is 16.5. The summed E-state index contributed by atoms with van der Waals surface area (Å²) in [5, 5.41) is 5.46. The number of rotatable bonds is 4. The number of nitrogens with one attached hydrogen (secondary N) is 2. The van der Waals surface area contributed by atoms with Crippen molar-refractivity contribution >= 4 is 23.0 Å². The summed E-state index contributed by atoms with van der Waals surface area (Å²) in [7, 11) is 2.13. The maximum atomic E-state index is 6.28. The number of piperazine rings is 1. The van der Waals surface area contributed by atoms with Gasteiger partial charge in [0.25, 0.3) is 0 Å². The van der Waals surface area contributed by atoms with Crippen LogP contribution in [0.5, 0.6) is 0 Å². The van der Waals surface area contributed by atoms with Crippen LogP contribution in [0.4, 0.5) is 23.0 Å². The van der Waals surface area contributed by atoms with Crippen molar-refractivity contribution in [1.29, 1.82) is 0 Å². The highest BCUT2D eigenvalue weighted by atomic mass is 15.5. The average Bonchev–Trinajstić information content (AvgIpc) is 2.57. The maximum Gasteiger partial charge on any atom is 0.169 e. The van der Waals surface area contributed by atoms with Gasteiger partial charge in [-0.3, -0.25) is 0 Å². The molecule has 0 amide bonds. The summed E-state index contributed by atoms with van der Waals surface area (Å²) in [6.45, 7) is 8.07. The normalized spacial score (nSPS) is 16.1. The topological polar surface area (TPSA) is 82.3 Å². The van der Waals surface area contributed by atoms with E-state index in [1.54, 1.807) is 0 Å². The molecule has 0 aliphatic carbocycles. The van der Waals surface area contributed by atoms with E-state index in [0.29, 0.717) is 17.3 Å². The van der Waals surface area contributed by atoms with Gasteiger partial charge in [-0.1, -0.05) is 12.1 Å². The molecule has 2 heterocycles. The van der Waals surface area contributed by atoms with Gasteiger partial charge in [0.2, 0.25) is 0 Å². The molecule has 1 aromatic carbocycles. The van der Waals surface area contributed by atoms with E-state index in [1.165, 1.54) is 17.5 Å². The molecular formula is C17H25N7. The van der Waals surface area contributed by atoms with Crippen LogP contribution in [0.25, 0.3) is 0 Å². The van der Waals surface area contributed by atoms with Gasteiger partial charge in [-0.15, -0.1) is 0 Å². The van der Waals surface area contributed by atoms with Crippen LogP contribution in [0.1, 0.15) is 11.1 Å². The van der Waals surface area contributed by atoms with E-state index < -0.39 is 0 Å². The number of hydrogen-bond acceptors (Lipinski definition) is 7. The Labute approximate surface area is 142 Å². The Morgan fingerprint density at radius 1 is 1.04 bits per heavy atom. The minimum Gasteiger partial charge on any atom is -0.393 e. The smallest absolute Gasteiger partial charge is 0.169 e. The number of nitrogens with two attached hydrogens (primary N) is 1. The van der Waals surface area contributed by atoms with Crippen molar-refractivity contribution in [2.24, 2.45) is 0 Å². The summed E-state index contributed by atoms with van der Waals surface area (Å²) in [5.74, 6) is 1.26. The molecular weight excluding hydrogens is 302 g/mol. The molecule has 1 aliphatic heterocycles. The van der Waals surface area contributed by atoms with Crippen molar-refractivity contribution in [3.05, 3.63) is 35.7 Å². The first-order valence-corrected chi connectivity index (χ1v) is 8.18. The van der Waals surface area contributed by atoms with E-state index in [2.05, 4.69) is 57.6 Å². The van der Waals surface area contributed by atoms with Crippen LogP contribution in [0.15, 0.2) is 24.5 Å². The van der Waals surface area contributed by atoms with Crippen molar-refractivity contribution in [2.45, 2.75) is 13.8 Å². The highest BCUT2D eigenvalue weighted by Gasteiger charge is 2.16. The first-order chi connectivity index (χ1) is 11.5. The number of hydrazine groups is 1. The molecule has 2 aromatic rings. The summed E-state index contributed by atoms with van der Waals surface area (Å²) in [6.07, 6.45) is 1.53. The molecule has 0 saturated carbocycles. The lowest BCUT2D eigenvalue weighted by molar-refractivity contribution is 0.178. The van der Waals surface area contributed by atoms with Gasteiger partial charge in [-0.25, -0.2) is 15.0 Å². The lowest BCUT2D eigenvalue weighted by Crippen LogP contribution is -2.47. The third kappa shape index (κ3) is 3.58. The second kappa shape index (κ2) is 7.02. The number of benzene rings is 1. The van der Waals surface area contributed by atoms with E-state index in [-0.39, 0.29) is 0 Å². The minimum absolute atomic E-state index is 0.525. The second-order valence-corrected chi connectivity index (χ2v) is 6.26. The van der Waals surface area contributed by atoms with Crippen molar-refractivity contribution in [1.82, 2.24) is 19.9 Å². The van der Waals surface area contributed by atoms with E-state index in [0.717, 1.165) is 31.9 Å². The molecule has 3 rings (SSSR count). The summed E-state index contributed by atoms with van der Waals surface area (Å²) < 4.78 is 0. The fourth-order valence-electron chi connectivity index (χ4n) is 2.67. The molecule has 1 aliphatic rings. The SMILES string of the molecule is Cc1cccc(Nc2ncnc(NN3CCN(C)CC3)c2N)c1C. The fraction of sp³-hybridized carbons (Fsp3) is 0.412. The zero-order chi connectivity index (χ0) is 17.1. The van der Waals surface area contributed by atoms with Gasteiger partial charge in [0, 0.05) is 31.9 Å². The van der Waals surface area contributed by atoms with Crippen LogP contribution in [0.3, 0.4) is 0 Å². The Kier molecular flexibility index (Phi) is 4.82. The number of anilines is 4. The molecule has 1 aromatic heterocycles. The van der Waals surface area contributed by atoms with Crippen LogP contribution in [-0.2, 0) is 0 Å². The third-order valence-corrected chi connectivity index (χ3v) is 4.51. The molecule has 0 atom stereocenters. The second-order valence-electron chi connectivity index (χ2n) is 6.26. The minimum atomic E-state index is 0.525. The fourth-order valence-corrected chi connectivity index (χ4v) is 2.67. The van der Waals surface area contributed by atoms with Crippen LogP contribution in [-0.4, -0.2) is 53.1 Å². The van der Waals surface area contributed by atoms with Gasteiger partial charge in [0.15, 0.2) is 11.6 Å². The highest BCUT2D eigenvalue weighted by Crippen LogP contribution is 2.28. The zero-order valence-electron chi connectivity index (χ0n) is 14.5. The van der Waals surface area contributed by atoms with E-state index in [1.807, 2.05) is 12.1 Å². The Bertz CT molecular complexity index is 708. The molecule has 7 nitrogen and oxygen atoms in total. The molecule has 7 heteroatoms. The molecule has 128 valence electrons. The van der Waals surface area contributed by atoms with Crippen molar-refractivity contribution < 1.29 is 0 Å². The monoisotopic (exact) mass is 327 g/mol. The summed E-state index contributed by atoms with van der Waals surface area (Å²) in [6, 6.07) is 6.13. The average molecular weight is 327 g/mol. The van der Waals surface area contributed by atoms with E-state index in [4.69, 9.17) is 5.73 Å². The maximum absolute atomic E-state index is 6.28. The Morgan fingerprint density at radius 3 is 2.50 bits per heavy atom. The quantitative estimate of drug-likeness (QED) is 0.792. The summed E-state index contributed by atoms with van der Waals surface area (Å²) in [5.41, 5.74) is 13.5. The van der Waals surface area contributed by atoms with Crippen molar-refractivity contribution in [3.63, 3.8) is 0 Å². The van der Waals surface area contributed by atoms with Gasteiger partial charge >= 0.3 is 0 Å². The number of aryl methyl sites for hydroxylation is 1. The molecule has 4 N–H and O–H groups in total. The Morgan fingerprint density at radius 2 is 1.75 bits per heavy atom. The van der Waals surface area contributed by atoms with Gasteiger partial charge in [-0.2, -0.15) is 0 Å². The lowest BCUT2D eigenvalue weighted by Gasteiger charge is -2.33. The largest absolute Gasteiger partial charge is 0.393 e. The molecule has 1 saturated heterocycles. The molecule has 0 radical (unpaired) electrons. The number of nitrogens with zero attached hydrogens (tertiary/aromatic N) is 4. The van der Waals surface area contributed by atoms with Crippen LogP contribution in [0, 0.1) is 13.8 Å². The molecule has 1 fully saturated rings. The van der Waals surface area contributed by atoms with E-state index in [9.17, 15) is 0 Å². The number of likely N-dealkylation sites (N-methyl/N-ethyl adjacent to an activating group) is 1. The van der Waals surface area contributed by atoms with E-state index >= 15 is 0 Å². The highest BCUT2D eigenvalue weighted by molar-refractivity contribution is 5.78. The Balaban J connectivity index is 1.77. The first-order valence-electron chi connectivity index (χ1n) is 8.18. The van der Waals surface area contributed by atoms with Crippen molar-refractivity contribution in [2.75, 3.05) is 49.7 Å². The van der Waals surface area contributed by atoms with Crippen LogP contribution < -0.4 is 16.5 Å². The number of hydrogen-bond donors (Lipinski definition) is 3. The third-order valence-electron chi connectivity index (χ3n) is 4.51. The standard InChI is InChI=1S/C17H25N7/c1-12-5-4-6-14(13(12)2)21-16-15(18)17(20-11-19-16)22-24-9-7-23(3)8-10-24/h4-6,11H,7-10,18H2,1-3H3,(H2,19,20,21,22). The van der Waals surface area contributed by atoms with Gasteiger partial charge in [-0.05, 0) is 38.1 Å². The number of aromatic nitrogens is 2. The lowest BCUT2D eigenvalue weighted by atomic mass is 10.1. The zero-order valence-corrected chi connectivity index (χ0v) is 14.5. The van der Waals surface area contributed by atoms with Crippen LogP contribution in [0.2, 0.25) is 0 Å². The summed E-state index contributed by atoms with van der Waals surface area (Å²) in [4.78, 5) is 10.9. The molecule has 0 bridgehead atoms. The van der Waals surface area contributed by atoms with Crippen molar-refractivity contribution in [3.8, 4) is 0 Å². The molecule has 0 unspecified atom stereocenters. The van der Waals surface area contributed by atoms with Gasteiger partial charge in [0.1, 0.15) is 12.0 Å². The number of nitrogen functional groups attached to an aromatic ring is 1. The van der Waals surface area contributed by atoms with Gasteiger partial charge < -0.3 is 21.4 Å². The summed E-state index contributed by atoms with van der Waals surface area (Å²) >= 11 is 0. The predicted octanol–water partition coefficient (Wildman–Crippen LogP) is 1.99. The predicted molar refractivity (Wildman–Crippen MR) is 98.3 cm³/mol.